The summed E-state index contributed by atoms with van der Waals surface area (Å²) in [6.07, 6.45) is -5.87. The second kappa shape index (κ2) is 5.93. The smallest absolute Gasteiger partial charge is 0.443 e. The lowest BCUT2D eigenvalue weighted by Crippen LogP contribution is -2.51. The minimum atomic E-state index is -4.76. The molecule has 7 heteroatoms. The van der Waals surface area contributed by atoms with E-state index in [1.807, 2.05) is 0 Å². The summed E-state index contributed by atoms with van der Waals surface area (Å²) in [5.41, 5.74) is 0.155. The van der Waals surface area contributed by atoms with Crippen molar-refractivity contribution >= 4 is 6.09 Å². The third-order valence-corrected chi connectivity index (χ3v) is 1.91. The lowest BCUT2D eigenvalue weighted by atomic mass is 9.91. The molecule has 0 saturated carbocycles. The van der Waals surface area contributed by atoms with Crippen molar-refractivity contribution in [1.82, 2.24) is 10.4 Å². The van der Waals surface area contributed by atoms with E-state index in [4.69, 9.17) is 4.74 Å². The molecule has 0 bridgehead atoms. The van der Waals surface area contributed by atoms with Gasteiger partial charge in [0.05, 0.1) is 0 Å². The van der Waals surface area contributed by atoms with Gasteiger partial charge >= 0.3 is 12.4 Å². The number of rotatable bonds is 3. The van der Waals surface area contributed by atoms with Gasteiger partial charge in [-0.25, -0.2) is 10.2 Å². The van der Waals surface area contributed by atoms with Crippen LogP contribution in [0.2, 0.25) is 0 Å². The Kier molecular flexibility index (Phi) is 5.51. The second-order valence-corrected chi connectivity index (χ2v) is 6.72. The van der Waals surface area contributed by atoms with Gasteiger partial charge in [0.15, 0.2) is 0 Å². The van der Waals surface area contributed by atoms with E-state index in [1.165, 1.54) is 0 Å². The summed E-state index contributed by atoms with van der Waals surface area (Å²) < 4.78 is 43.6. The monoisotopic (exact) mass is 296 g/mol. The van der Waals surface area contributed by atoms with E-state index >= 15 is 0 Å². The Balaban J connectivity index is 4.93. The number of alkyl halides is 3. The highest BCUT2D eigenvalue weighted by atomic mass is 19.4. The molecule has 118 valence electrons. The highest BCUT2D eigenvalue weighted by molar-refractivity contribution is 5.67. The molecule has 0 fully saturated rings. The topological polar surface area (TPSA) is 41.6 Å². The molecule has 0 aliphatic rings. The minimum absolute atomic E-state index is 0.0717. The molecule has 0 aliphatic carbocycles. The average molecular weight is 296 g/mol. The van der Waals surface area contributed by atoms with Gasteiger partial charge in [0.1, 0.15) is 5.60 Å². The molecule has 0 rings (SSSR count). The molecular weight excluding hydrogens is 273 g/mol. The Hall–Kier alpha value is -1.40. The number of carbonyl (C=O) groups excluding carboxylic acids is 1. The maximum Gasteiger partial charge on any atom is 0.503 e. The number of nitrogens with one attached hydrogen (secondary N) is 1. The number of hydrogen-bond donors (Lipinski definition) is 1. The van der Waals surface area contributed by atoms with E-state index < -0.39 is 23.4 Å². The largest absolute Gasteiger partial charge is 0.503 e. The van der Waals surface area contributed by atoms with Crippen LogP contribution < -0.4 is 5.43 Å². The van der Waals surface area contributed by atoms with Crippen LogP contribution in [0.25, 0.3) is 0 Å². The molecule has 0 atom stereocenters. The van der Waals surface area contributed by atoms with Crippen LogP contribution >= 0.6 is 0 Å². The Morgan fingerprint density at radius 1 is 1.15 bits per heavy atom. The summed E-state index contributed by atoms with van der Waals surface area (Å²) >= 11 is 0. The Morgan fingerprint density at radius 2 is 1.60 bits per heavy atom. The lowest BCUT2D eigenvalue weighted by molar-refractivity contribution is -0.248. The molecule has 0 radical (unpaired) electrons. The van der Waals surface area contributed by atoms with E-state index in [0.717, 1.165) is 0 Å². The maximum absolute atomic E-state index is 12.9. The number of nitrogens with zero attached hydrogens (tertiary/aromatic N) is 1. The molecule has 1 amide bonds. The number of ether oxygens (including phenoxy) is 1. The maximum atomic E-state index is 12.9. The summed E-state index contributed by atoms with van der Waals surface area (Å²) in [4.78, 5) is 11.5. The van der Waals surface area contributed by atoms with Crippen molar-refractivity contribution in [2.45, 2.75) is 59.9 Å². The predicted molar refractivity (Wildman–Crippen MR) is 70.5 cm³/mol. The van der Waals surface area contributed by atoms with E-state index in [0.29, 0.717) is 0 Å². The molecule has 0 unspecified atom stereocenters. The van der Waals surface area contributed by atoms with Gasteiger partial charge in [-0.15, -0.1) is 13.2 Å². The van der Waals surface area contributed by atoms with Gasteiger partial charge in [0.2, 0.25) is 0 Å². The van der Waals surface area contributed by atoms with Crippen molar-refractivity contribution in [3.63, 3.8) is 0 Å². The molecule has 0 saturated heterocycles. The highest BCUT2D eigenvalue weighted by Crippen LogP contribution is 2.30. The Labute approximate surface area is 117 Å². The lowest BCUT2D eigenvalue weighted by Gasteiger charge is -2.32. The number of carbonyl (C=O) groups is 1. The van der Waals surface area contributed by atoms with Crippen LogP contribution in [0.15, 0.2) is 12.3 Å². The predicted octanol–water partition coefficient (Wildman–Crippen LogP) is 4.20. The van der Waals surface area contributed by atoms with Crippen LogP contribution in [0.4, 0.5) is 18.0 Å². The number of hydrogen-bond acceptors (Lipinski definition) is 3. The molecule has 0 aromatic heterocycles. The van der Waals surface area contributed by atoms with Gasteiger partial charge in [-0.2, -0.15) is 5.01 Å². The van der Waals surface area contributed by atoms with Gasteiger partial charge in [-0.3, -0.25) is 0 Å². The van der Waals surface area contributed by atoms with Crippen molar-refractivity contribution < 1.29 is 22.7 Å². The first-order chi connectivity index (χ1) is 8.62. The van der Waals surface area contributed by atoms with Crippen LogP contribution in [0.5, 0.6) is 0 Å². The minimum Gasteiger partial charge on any atom is -0.443 e. The third kappa shape index (κ3) is 7.91. The fraction of sp³-hybridized carbons (Fsp3) is 0.769. The summed E-state index contributed by atoms with van der Waals surface area (Å²) in [6, 6.07) is 0. The first-order valence-electron chi connectivity index (χ1n) is 6.16. The second-order valence-electron chi connectivity index (χ2n) is 6.72. The van der Waals surface area contributed by atoms with Crippen LogP contribution in [-0.2, 0) is 4.74 Å². The van der Waals surface area contributed by atoms with Gasteiger partial charge in [-0.05, 0) is 32.6 Å². The van der Waals surface area contributed by atoms with Gasteiger partial charge in [0.25, 0.3) is 0 Å². The standard InChI is InChI=1S/C13H23F3N2O2/c1-9(8-11(2,3)4)18(13(14,15)16)17-10(19)20-12(5,6)7/h1,8H2,2-7H3,(H,17,19). The van der Waals surface area contributed by atoms with E-state index in [-0.39, 0.29) is 17.1 Å². The van der Waals surface area contributed by atoms with Gasteiger partial charge in [0, 0.05) is 5.70 Å². The summed E-state index contributed by atoms with van der Waals surface area (Å²) in [6.45, 7) is 13.4. The number of halogens is 3. The zero-order valence-electron chi connectivity index (χ0n) is 12.8. The summed E-state index contributed by atoms with van der Waals surface area (Å²) in [5.74, 6) is 0. The van der Waals surface area contributed by atoms with Crippen molar-refractivity contribution in [3.8, 4) is 0 Å². The fourth-order valence-corrected chi connectivity index (χ4v) is 1.41. The van der Waals surface area contributed by atoms with Crippen molar-refractivity contribution in [1.29, 1.82) is 0 Å². The Morgan fingerprint density at radius 3 is 1.90 bits per heavy atom. The average Bonchev–Trinajstić information content (AvgIpc) is 2.05. The first-order valence-corrected chi connectivity index (χ1v) is 6.16. The molecule has 0 spiro atoms. The molecule has 1 N–H and O–H groups in total. The van der Waals surface area contributed by atoms with E-state index in [1.54, 1.807) is 47.0 Å². The van der Waals surface area contributed by atoms with Crippen LogP contribution in [0, 0.1) is 5.41 Å². The van der Waals surface area contributed by atoms with E-state index in [2.05, 4.69) is 6.58 Å². The zero-order valence-corrected chi connectivity index (χ0v) is 12.8. The molecule has 0 aliphatic heterocycles. The first kappa shape index (κ1) is 18.6. The fourth-order valence-electron chi connectivity index (χ4n) is 1.41. The SMILES string of the molecule is C=C(CC(C)(C)C)N(NC(=O)OC(C)(C)C)C(F)(F)F. The molecule has 0 aromatic rings. The van der Waals surface area contributed by atoms with Crippen molar-refractivity contribution in [2.75, 3.05) is 0 Å². The van der Waals surface area contributed by atoms with Gasteiger partial charge < -0.3 is 4.74 Å². The Bertz CT molecular complexity index is 365. The third-order valence-electron chi connectivity index (χ3n) is 1.91. The van der Waals surface area contributed by atoms with E-state index in [9.17, 15) is 18.0 Å². The summed E-state index contributed by atoms with van der Waals surface area (Å²) in [7, 11) is 0. The molecule has 20 heavy (non-hydrogen) atoms. The van der Waals surface area contributed by atoms with Crippen LogP contribution in [0.1, 0.15) is 48.0 Å². The molecule has 0 aromatic carbocycles. The number of hydrazine groups is 1. The van der Waals surface area contributed by atoms with Crippen LogP contribution in [0.3, 0.4) is 0 Å². The van der Waals surface area contributed by atoms with Crippen molar-refractivity contribution in [3.05, 3.63) is 12.3 Å². The number of amides is 1. The number of allylic oxidation sites excluding steroid dienone is 1. The molecule has 4 nitrogen and oxygen atoms in total. The van der Waals surface area contributed by atoms with Gasteiger partial charge in [-0.1, -0.05) is 27.4 Å². The molecule has 0 heterocycles. The van der Waals surface area contributed by atoms with Crippen molar-refractivity contribution in [2.24, 2.45) is 5.41 Å². The molecular formula is C13H23F3N2O2. The highest BCUT2D eigenvalue weighted by Gasteiger charge is 2.41. The zero-order chi connectivity index (χ0) is 16.4. The normalized spacial score (nSPS) is 12.8. The quantitative estimate of drug-likeness (QED) is 0.627. The summed E-state index contributed by atoms with van der Waals surface area (Å²) in [5, 5.41) is -0.202. The van der Waals surface area contributed by atoms with Crippen LogP contribution in [-0.4, -0.2) is 23.0 Å².